The van der Waals surface area contributed by atoms with Crippen molar-refractivity contribution in [2.24, 2.45) is 0 Å². The van der Waals surface area contributed by atoms with E-state index in [0.717, 1.165) is 25.1 Å². The van der Waals surface area contributed by atoms with Gasteiger partial charge in [0.05, 0.1) is 0 Å². The molecule has 0 bridgehead atoms. The molecule has 17 heavy (non-hydrogen) atoms. The molecule has 0 aromatic heterocycles. The molecule has 0 radical (unpaired) electrons. The van der Waals surface area contributed by atoms with E-state index in [-0.39, 0.29) is 11.3 Å². The summed E-state index contributed by atoms with van der Waals surface area (Å²) in [7, 11) is 0. The monoisotopic (exact) mass is 241 g/mol. The smallest absolute Gasteiger partial charge is 0.411 e. The summed E-state index contributed by atoms with van der Waals surface area (Å²) in [6.07, 6.45) is -1.54. The average molecular weight is 241 g/mol. The molecule has 6 nitrogen and oxygen atoms in total. The molecular weight excluding hydrogens is 233 g/mol. The Kier molecular flexibility index (Phi) is 3.76. The van der Waals surface area contributed by atoms with Crippen LogP contribution in [0.3, 0.4) is 0 Å². The van der Waals surface area contributed by atoms with Gasteiger partial charge in [-0.2, -0.15) is 0 Å². The zero-order valence-electron chi connectivity index (χ0n) is 8.69. The van der Waals surface area contributed by atoms with Crippen LogP contribution in [0.25, 0.3) is 0 Å². The lowest BCUT2D eigenvalue weighted by Crippen LogP contribution is -2.28. The normalized spacial score (nSPS) is 9.53. The molecule has 0 spiro atoms. The van der Waals surface area contributed by atoms with Crippen LogP contribution in [0.4, 0.5) is 9.18 Å². The van der Waals surface area contributed by atoms with Crippen molar-refractivity contribution < 1.29 is 28.6 Å². The lowest BCUT2D eigenvalue weighted by atomic mass is 10.2. The highest BCUT2D eigenvalue weighted by atomic mass is 19.1. The Labute approximate surface area is 95.0 Å². The van der Waals surface area contributed by atoms with Gasteiger partial charge in [-0.15, -0.1) is 0 Å². The van der Waals surface area contributed by atoms with Crippen molar-refractivity contribution in [3.05, 3.63) is 29.6 Å². The highest BCUT2D eigenvalue weighted by molar-refractivity contribution is 6.02. The molecule has 0 fully saturated rings. The number of rotatable bonds is 2. The van der Waals surface area contributed by atoms with Crippen LogP contribution < -0.4 is 10.1 Å². The van der Waals surface area contributed by atoms with Gasteiger partial charge in [0.1, 0.15) is 0 Å². The largest absolute Gasteiger partial charge is 0.465 e. The Morgan fingerprint density at radius 2 is 2.00 bits per heavy atom. The predicted molar refractivity (Wildman–Crippen MR) is 53.2 cm³/mol. The van der Waals surface area contributed by atoms with Gasteiger partial charge in [-0.25, -0.2) is 9.18 Å². The van der Waals surface area contributed by atoms with Crippen molar-refractivity contribution in [3.8, 4) is 5.75 Å². The minimum absolute atomic E-state index is 0.194. The van der Waals surface area contributed by atoms with Gasteiger partial charge in [-0.05, 0) is 18.2 Å². The highest BCUT2D eigenvalue weighted by Gasteiger charge is 2.13. The number of carbonyl (C=O) groups excluding carboxylic acids is 2. The average Bonchev–Trinajstić information content (AvgIpc) is 2.19. The number of carboxylic acid groups (broad SMARTS) is 1. The van der Waals surface area contributed by atoms with Crippen LogP contribution in [0.2, 0.25) is 0 Å². The van der Waals surface area contributed by atoms with Gasteiger partial charge in [0.15, 0.2) is 11.6 Å². The first-order chi connectivity index (χ1) is 7.90. The van der Waals surface area contributed by atoms with Crippen LogP contribution in [-0.2, 0) is 4.79 Å². The number of carbonyl (C=O) groups is 3. The van der Waals surface area contributed by atoms with E-state index < -0.39 is 23.8 Å². The van der Waals surface area contributed by atoms with Crippen molar-refractivity contribution in [3.63, 3.8) is 0 Å². The van der Waals surface area contributed by atoms with Crippen molar-refractivity contribution in [1.29, 1.82) is 0 Å². The Morgan fingerprint density at radius 1 is 1.35 bits per heavy atom. The number of esters is 1. The number of nitrogens with one attached hydrogen (secondary N) is 1. The molecule has 0 saturated heterocycles. The molecule has 0 aliphatic heterocycles. The van der Waals surface area contributed by atoms with E-state index in [9.17, 15) is 18.8 Å². The second-order valence-corrected chi connectivity index (χ2v) is 3.00. The summed E-state index contributed by atoms with van der Waals surface area (Å²) >= 11 is 0. The molecule has 1 aromatic carbocycles. The summed E-state index contributed by atoms with van der Waals surface area (Å²) in [4.78, 5) is 31.9. The van der Waals surface area contributed by atoms with Crippen LogP contribution in [0.15, 0.2) is 18.2 Å². The summed E-state index contributed by atoms with van der Waals surface area (Å²) in [5, 5.41) is 9.84. The fourth-order valence-corrected chi connectivity index (χ4v) is 1.05. The first kappa shape index (κ1) is 12.6. The topological polar surface area (TPSA) is 92.7 Å². The second kappa shape index (κ2) is 5.06. The molecule has 7 heteroatoms. The molecule has 0 heterocycles. The van der Waals surface area contributed by atoms with Gasteiger partial charge in [-0.3, -0.25) is 14.9 Å². The molecule has 1 aromatic rings. The molecule has 1 rings (SSSR count). The summed E-state index contributed by atoms with van der Waals surface area (Å²) in [5.41, 5.74) is -0.194. The standard InChI is InChI=1S/C10H8FNO5/c1-5(13)17-8-3-2-6(4-7(8)11)9(14)12-10(15)16/h2-4H,1H3,(H,12,14)(H,15,16). The molecule has 0 aliphatic rings. The Hall–Kier alpha value is -2.44. The van der Waals surface area contributed by atoms with Crippen molar-refractivity contribution in [2.45, 2.75) is 6.92 Å². The van der Waals surface area contributed by atoms with Crippen LogP contribution >= 0.6 is 0 Å². The number of ether oxygens (including phenoxy) is 1. The zero-order chi connectivity index (χ0) is 13.0. The molecule has 0 unspecified atom stereocenters. The van der Waals surface area contributed by atoms with E-state index in [1.807, 2.05) is 0 Å². The molecule has 0 aliphatic carbocycles. The van der Waals surface area contributed by atoms with Gasteiger partial charge in [0, 0.05) is 12.5 Å². The fourth-order valence-electron chi connectivity index (χ4n) is 1.05. The minimum Gasteiger partial charge on any atom is -0.465 e. The number of amides is 2. The number of halogens is 1. The van der Waals surface area contributed by atoms with E-state index in [1.54, 1.807) is 5.32 Å². The first-order valence-corrected chi connectivity index (χ1v) is 4.42. The van der Waals surface area contributed by atoms with Gasteiger partial charge in [0.2, 0.25) is 0 Å². The predicted octanol–water partition coefficient (Wildman–Crippen LogP) is 1.16. The molecule has 2 amide bonds. The van der Waals surface area contributed by atoms with Crippen LogP contribution in [-0.4, -0.2) is 23.1 Å². The minimum atomic E-state index is -1.54. The number of benzene rings is 1. The Morgan fingerprint density at radius 3 is 2.47 bits per heavy atom. The lowest BCUT2D eigenvalue weighted by Gasteiger charge is -2.04. The third-order valence-electron chi connectivity index (χ3n) is 1.67. The molecule has 90 valence electrons. The summed E-state index contributed by atoms with van der Waals surface area (Å²) in [6, 6.07) is 2.98. The first-order valence-electron chi connectivity index (χ1n) is 4.42. The third kappa shape index (κ3) is 3.56. The fraction of sp³-hybridized carbons (Fsp3) is 0.100. The van der Waals surface area contributed by atoms with Crippen molar-refractivity contribution in [2.75, 3.05) is 0 Å². The van der Waals surface area contributed by atoms with E-state index in [4.69, 9.17) is 5.11 Å². The summed E-state index contributed by atoms with van der Waals surface area (Å²) in [5.74, 6) is -2.93. The van der Waals surface area contributed by atoms with Gasteiger partial charge in [0.25, 0.3) is 5.91 Å². The summed E-state index contributed by atoms with van der Waals surface area (Å²) < 4.78 is 17.8. The SMILES string of the molecule is CC(=O)Oc1ccc(C(=O)NC(=O)O)cc1F. The molecule has 0 atom stereocenters. The molecular formula is C10H8FNO5. The van der Waals surface area contributed by atoms with Crippen molar-refractivity contribution in [1.82, 2.24) is 5.32 Å². The van der Waals surface area contributed by atoms with E-state index in [0.29, 0.717) is 0 Å². The van der Waals surface area contributed by atoms with Crippen LogP contribution in [0.5, 0.6) is 5.75 Å². The van der Waals surface area contributed by atoms with Gasteiger partial charge < -0.3 is 9.84 Å². The highest BCUT2D eigenvalue weighted by Crippen LogP contribution is 2.18. The molecule has 0 saturated carbocycles. The lowest BCUT2D eigenvalue weighted by molar-refractivity contribution is -0.132. The maximum Gasteiger partial charge on any atom is 0.411 e. The molecule has 2 N–H and O–H groups in total. The zero-order valence-corrected chi connectivity index (χ0v) is 8.69. The van der Waals surface area contributed by atoms with Crippen molar-refractivity contribution >= 4 is 18.0 Å². The quantitative estimate of drug-likeness (QED) is 0.598. The van der Waals surface area contributed by atoms with Crippen LogP contribution in [0.1, 0.15) is 17.3 Å². The Balaban J connectivity index is 2.92. The third-order valence-corrected chi connectivity index (χ3v) is 1.67. The number of imide groups is 1. The van der Waals surface area contributed by atoms with E-state index in [2.05, 4.69) is 4.74 Å². The van der Waals surface area contributed by atoms with E-state index in [1.165, 1.54) is 0 Å². The van der Waals surface area contributed by atoms with Gasteiger partial charge >= 0.3 is 12.1 Å². The maximum atomic E-state index is 13.3. The second-order valence-electron chi connectivity index (χ2n) is 3.00. The number of hydrogen-bond donors (Lipinski definition) is 2. The maximum absolute atomic E-state index is 13.3. The van der Waals surface area contributed by atoms with Crippen LogP contribution in [0, 0.1) is 5.82 Å². The number of hydrogen-bond acceptors (Lipinski definition) is 4. The van der Waals surface area contributed by atoms with Gasteiger partial charge in [-0.1, -0.05) is 0 Å². The Bertz CT molecular complexity index is 486. The summed E-state index contributed by atoms with van der Waals surface area (Å²) in [6.45, 7) is 1.10. The van der Waals surface area contributed by atoms with E-state index >= 15 is 0 Å².